The molecule has 1 aromatic carbocycles. The Morgan fingerprint density at radius 3 is 2.67 bits per heavy atom. The fourth-order valence-corrected chi connectivity index (χ4v) is 4.31. The van der Waals surface area contributed by atoms with Crippen LogP contribution in [0, 0.1) is 0 Å². The van der Waals surface area contributed by atoms with Gasteiger partial charge in [-0.15, -0.1) is 0 Å². The molecule has 1 amide bonds. The Kier molecular flexibility index (Phi) is 5.26. The lowest BCUT2D eigenvalue weighted by molar-refractivity contribution is -0.116. The SMILES string of the molecule is CC(=O)N1CCc2cc(C(O)CCN3C(C)CCCC3C)ccc21. The Balaban J connectivity index is 1.64. The maximum absolute atomic E-state index is 11.6. The lowest BCUT2D eigenvalue weighted by Gasteiger charge is -2.39. The molecule has 0 spiro atoms. The van der Waals surface area contributed by atoms with Crippen molar-refractivity contribution in [2.75, 3.05) is 18.0 Å². The van der Waals surface area contributed by atoms with Gasteiger partial charge in [-0.05, 0) is 56.7 Å². The van der Waals surface area contributed by atoms with Crippen molar-refractivity contribution in [1.82, 2.24) is 4.90 Å². The molecule has 0 radical (unpaired) electrons. The summed E-state index contributed by atoms with van der Waals surface area (Å²) < 4.78 is 0. The lowest BCUT2D eigenvalue weighted by atomic mass is 9.96. The van der Waals surface area contributed by atoms with Crippen LogP contribution in [0.3, 0.4) is 0 Å². The Morgan fingerprint density at radius 1 is 1.29 bits per heavy atom. The number of benzene rings is 1. The van der Waals surface area contributed by atoms with Gasteiger partial charge in [-0.25, -0.2) is 0 Å². The predicted molar refractivity (Wildman–Crippen MR) is 97.2 cm³/mol. The zero-order chi connectivity index (χ0) is 17.3. The maximum Gasteiger partial charge on any atom is 0.223 e. The highest BCUT2D eigenvalue weighted by atomic mass is 16.3. The molecule has 0 aromatic heterocycles. The standard InChI is InChI=1S/C20H30N2O2/c1-14-5-4-6-15(2)21(14)12-10-20(24)18-7-8-19-17(13-18)9-11-22(19)16(3)23/h7-8,13-15,20,24H,4-6,9-12H2,1-3H3. The Bertz CT molecular complexity index is 591. The normalized spacial score (nSPS) is 25.6. The van der Waals surface area contributed by atoms with Crippen LogP contribution in [0.15, 0.2) is 18.2 Å². The predicted octanol–water partition coefficient (Wildman–Crippen LogP) is 3.28. The summed E-state index contributed by atoms with van der Waals surface area (Å²) in [6.45, 7) is 7.91. The van der Waals surface area contributed by atoms with E-state index >= 15 is 0 Å². The van der Waals surface area contributed by atoms with E-state index in [4.69, 9.17) is 0 Å². The first-order valence-electron chi connectivity index (χ1n) is 9.32. The molecular formula is C20H30N2O2. The second-order valence-electron chi connectivity index (χ2n) is 7.48. The summed E-state index contributed by atoms with van der Waals surface area (Å²) in [5.74, 6) is 0.0927. The average molecular weight is 330 g/mol. The molecule has 4 heteroatoms. The first-order chi connectivity index (χ1) is 11.5. The highest BCUT2D eigenvalue weighted by Gasteiger charge is 2.26. The fraction of sp³-hybridized carbons (Fsp3) is 0.650. The van der Waals surface area contributed by atoms with Gasteiger partial charge < -0.3 is 10.0 Å². The number of likely N-dealkylation sites (tertiary alicyclic amines) is 1. The van der Waals surface area contributed by atoms with Crippen LogP contribution in [-0.4, -0.2) is 41.1 Å². The minimum atomic E-state index is -0.428. The first-order valence-corrected chi connectivity index (χ1v) is 9.32. The van der Waals surface area contributed by atoms with Crippen LogP contribution in [0.1, 0.15) is 63.7 Å². The number of aliphatic hydroxyl groups excluding tert-OH is 1. The summed E-state index contributed by atoms with van der Waals surface area (Å²) in [6, 6.07) is 7.30. The fourth-order valence-electron chi connectivity index (χ4n) is 4.31. The number of aliphatic hydroxyl groups is 1. The van der Waals surface area contributed by atoms with E-state index in [0.29, 0.717) is 12.1 Å². The van der Waals surface area contributed by atoms with Crippen LogP contribution >= 0.6 is 0 Å². The van der Waals surface area contributed by atoms with E-state index in [1.807, 2.05) is 17.0 Å². The van der Waals surface area contributed by atoms with Crippen LogP contribution in [0.5, 0.6) is 0 Å². The highest BCUT2D eigenvalue weighted by molar-refractivity contribution is 5.93. The molecule has 1 aromatic rings. The maximum atomic E-state index is 11.6. The average Bonchev–Trinajstić information content (AvgIpc) is 2.97. The summed E-state index contributed by atoms with van der Waals surface area (Å²) >= 11 is 0. The summed E-state index contributed by atoms with van der Waals surface area (Å²) in [5.41, 5.74) is 3.18. The van der Waals surface area contributed by atoms with Gasteiger partial charge in [0.2, 0.25) is 5.91 Å². The molecule has 3 atom stereocenters. The molecule has 3 unspecified atom stereocenters. The number of anilines is 1. The van der Waals surface area contributed by atoms with Crippen molar-refractivity contribution in [3.05, 3.63) is 29.3 Å². The van der Waals surface area contributed by atoms with Gasteiger partial charge in [0, 0.05) is 37.8 Å². The van der Waals surface area contributed by atoms with Crippen LogP contribution in [0.25, 0.3) is 0 Å². The third kappa shape index (κ3) is 3.50. The molecule has 1 fully saturated rings. The number of amides is 1. The molecule has 1 N–H and O–H groups in total. The number of carbonyl (C=O) groups is 1. The topological polar surface area (TPSA) is 43.8 Å². The van der Waals surface area contributed by atoms with Gasteiger partial charge in [0.1, 0.15) is 0 Å². The van der Waals surface area contributed by atoms with Gasteiger partial charge in [-0.1, -0.05) is 18.6 Å². The Morgan fingerprint density at radius 2 is 2.00 bits per heavy atom. The Labute approximate surface area is 145 Å². The number of hydrogen-bond donors (Lipinski definition) is 1. The van der Waals surface area contributed by atoms with Crippen molar-refractivity contribution in [2.45, 2.75) is 71.1 Å². The molecule has 0 bridgehead atoms. The van der Waals surface area contributed by atoms with Crippen molar-refractivity contribution >= 4 is 11.6 Å². The van der Waals surface area contributed by atoms with Crippen molar-refractivity contribution in [3.8, 4) is 0 Å². The minimum absolute atomic E-state index is 0.0927. The molecule has 3 rings (SSSR count). The summed E-state index contributed by atoms with van der Waals surface area (Å²) in [7, 11) is 0. The second-order valence-corrected chi connectivity index (χ2v) is 7.48. The van der Waals surface area contributed by atoms with E-state index in [2.05, 4.69) is 24.8 Å². The zero-order valence-corrected chi connectivity index (χ0v) is 15.2. The summed E-state index contributed by atoms with van der Waals surface area (Å²) in [6.07, 6.45) is 5.07. The van der Waals surface area contributed by atoms with Gasteiger partial charge in [-0.2, -0.15) is 0 Å². The van der Waals surface area contributed by atoms with Crippen LogP contribution in [0.2, 0.25) is 0 Å². The van der Waals surface area contributed by atoms with E-state index in [-0.39, 0.29) is 5.91 Å². The van der Waals surface area contributed by atoms with Gasteiger partial charge in [0.15, 0.2) is 0 Å². The third-order valence-electron chi connectivity index (χ3n) is 5.80. The van der Waals surface area contributed by atoms with E-state index in [1.54, 1.807) is 6.92 Å². The molecule has 0 saturated carbocycles. The largest absolute Gasteiger partial charge is 0.388 e. The molecule has 2 aliphatic rings. The van der Waals surface area contributed by atoms with Gasteiger partial charge in [-0.3, -0.25) is 9.69 Å². The molecule has 24 heavy (non-hydrogen) atoms. The number of hydrogen-bond acceptors (Lipinski definition) is 3. The number of rotatable bonds is 4. The molecule has 2 heterocycles. The molecule has 1 saturated heterocycles. The van der Waals surface area contributed by atoms with E-state index in [1.165, 1.54) is 24.8 Å². The Hall–Kier alpha value is -1.39. The van der Waals surface area contributed by atoms with Crippen LogP contribution < -0.4 is 4.90 Å². The van der Waals surface area contributed by atoms with E-state index < -0.39 is 6.10 Å². The van der Waals surface area contributed by atoms with E-state index in [0.717, 1.165) is 37.2 Å². The summed E-state index contributed by atoms with van der Waals surface area (Å²) in [5, 5.41) is 10.6. The first kappa shape index (κ1) is 17.4. The second kappa shape index (κ2) is 7.24. The minimum Gasteiger partial charge on any atom is -0.388 e. The van der Waals surface area contributed by atoms with Gasteiger partial charge in [0.25, 0.3) is 0 Å². The number of carbonyl (C=O) groups excluding carboxylic acids is 1. The quantitative estimate of drug-likeness (QED) is 0.921. The van der Waals surface area contributed by atoms with E-state index in [9.17, 15) is 9.90 Å². The molecular weight excluding hydrogens is 300 g/mol. The lowest BCUT2D eigenvalue weighted by Crippen LogP contribution is -2.44. The van der Waals surface area contributed by atoms with Crippen molar-refractivity contribution in [3.63, 3.8) is 0 Å². The number of fused-ring (bicyclic) bond motifs is 1. The smallest absolute Gasteiger partial charge is 0.223 e. The number of nitrogens with zero attached hydrogens (tertiary/aromatic N) is 2. The summed E-state index contributed by atoms with van der Waals surface area (Å²) in [4.78, 5) is 16.0. The zero-order valence-electron chi connectivity index (χ0n) is 15.2. The van der Waals surface area contributed by atoms with Gasteiger partial charge >= 0.3 is 0 Å². The monoisotopic (exact) mass is 330 g/mol. The highest BCUT2D eigenvalue weighted by Crippen LogP contribution is 2.32. The van der Waals surface area contributed by atoms with Crippen LogP contribution in [0.4, 0.5) is 5.69 Å². The molecule has 2 aliphatic heterocycles. The molecule has 0 aliphatic carbocycles. The number of piperidine rings is 1. The van der Waals surface area contributed by atoms with Crippen molar-refractivity contribution in [2.24, 2.45) is 0 Å². The third-order valence-corrected chi connectivity index (χ3v) is 5.80. The molecule has 132 valence electrons. The molecule has 4 nitrogen and oxygen atoms in total. The van der Waals surface area contributed by atoms with Crippen LogP contribution in [-0.2, 0) is 11.2 Å². The van der Waals surface area contributed by atoms with Crippen molar-refractivity contribution in [1.29, 1.82) is 0 Å². The van der Waals surface area contributed by atoms with Gasteiger partial charge in [0.05, 0.1) is 6.10 Å². The van der Waals surface area contributed by atoms with Crippen molar-refractivity contribution < 1.29 is 9.90 Å².